The van der Waals surface area contributed by atoms with Crippen molar-refractivity contribution >= 4 is 0 Å². The molecule has 0 saturated heterocycles. The van der Waals surface area contributed by atoms with Crippen LogP contribution in [0, 0.1) is 11.3 Å². The van der Waals surface area contributed by atoms with Crippen LogP contribution in [0.25, 0.3) is 0 Å². The SMILES string of the molecule is CCCNC(C)c1ccccc1Oc1ccc(C#N)cc1. The molecule has 2 aromatic carbocycles. The van der Waals surface area contributed by atoms with Gasteiger partial charge in [-0.05, 0) is 50.2 Å². The van der Waals surface area contributed by atoms with E-state index in [4.69, 9.17) is 10.00 Å². The maximum atomic E-state index is 8.82. The van der Waals surface area contributed by atoms with Gasteiger partial charge in [-0.1, -0.05) is 25.1 Å². The highest BCUT2D eigenvalue weighted by Gasteiger charge is 2.11. The first-order valence-corrected chi connectivity index (χ1v) is 7.25. The Hall–Kier alpha value is -2.31. The minimum atomic E-state index is 0.236. The normalized spacial score (nSPS) is 11.7. The minimum Gasteiger partial charge on any atom is -0.457 e. The fourth-order valence-electron chi connectivity index (χ4n) is 2.13. The summed E-state index contributed by atoms with van der Waals surface area (Å²) in [5.41, 5.74) is 1.77. The summed E-state index contributed by atoms with van der Waals surface area (Å²) in [5.74, 6) is 1.59. The molecule has 3 nitrogen and oxygen atoms in total. The summed E-state index contributed by atoms with van der Waals surface area (Å²) in [4.78, 5) is 0. The van der Waals surface area contributed by atoms with Gasteiger partial charge in [0.25, 0.3) is 0 Å². The molecule has 0 bridgehead atoms. The van der Waals surface area contributed by atoms with Crippen molar-refractivity contribution in [3.8, 4) is 17.6 Å². The van der Waals surface area contributed by atoms with Crippen molar-refractivity contribution in [1.82, 2.24) is 5.32 Å². The summed E-state index contributed by atoms with van der Waals surface area (Å²) in [7, 11) is 0. The van der Waals surface area contributed by atoms with Crippen molar-refractivity contribution in [2.45, 2.75) is 26.3 Å². The third-order valence-corrected chi connectivity index (χ3v) is 3.30. The van der Waals surface area contributed by atoms with Crippen LogP contribution in [0.5, 0.6) is 11.5 Å². The zero-order valence-electron chi connectivity index (χ0n) is 12.5. The first-order chi connectivity index (χ1) is 10.2. The molecule has 2 rings (SSSR count). The van der Waals surface area contributed by atoms with Gasteiger partial charge in [-0.3, -0.25) is 0 Å². The smallest absolute Gasteiger partial charge is 0.132 e. The van der Waals surface area contributed by atoms with Gasteiger partial charge in [-0.15, -0.1) is 0 Å². The Morgan fingerprint density at radius 3 is 2.52 bits per heavy atom. The summed E-state index contributed by atoms with van der Waals surface area (Å²) in [6.07, 6.45) is 1.10. The Morgan fingerprint density at radius 1 is 1.14 bits per heavy atom. The van der Waals surface area contributed by atoms with E-state index >= 15 is 0 Å². The molecule has 21 heavy (non-hydrogen) atoms. The van der Waals surface area contributed by atoms with E-state index in [0.29, 0.717) is 5.56 Å². The van der Waals surface area contributed by atoms with E-state index in [1.54, 1.807) is 12.1 Å². The number of hydrogen-bond acceptors (Lipinski definition) is 3. The van der Waals surface area contributed by atoms with E-state index in [1.165, 1.54) is 0 Å². The lowest BCUT2D eigenvalue weighted by Crippen LogP contribution is -2.19. The Morgan fingerprint density at radius 2 is 1.86 bits per heavy atom. The molecule has 0 aliphatic carbocycles. The first kappa shape index (κ1) is 15.1. The number of rotatable bonds is 6. The summed E-state index contributed by atoms with van der Waals surface area (Å²) in [5, 5.41) is 12.3. The number of ether oxygens (including phenoxy) is 1. The molecule has 0 fully saturated rings. The number of para-hydroxylation sites is 1. The Kier molecular flexibility index (Phi) is 5.36. The van der Waals surface area contributed by atoms with Crippen LogP contribution in [0.1, 0.15) is 37.4 Å². The molecule has 0 aromatic heterocycles. The van der Waals surface area contributed by atoms with Crippen LogP contribution in [0.3, 0.4) is 0 Å². The lowest BCUT2D eigenvalue weighted by atomic mass is 10.1. The van der Waals surface area contributed by atoms with Crippen LogP contribution in [0.4, 0.5) is 0 Å². The summed E-state index contributed by atoms with van der Waals surface area (Å²) < 4.78 is 5.96. The maximum absolute atomic E-state index is 8.82. The van der Waals surface area contributed by atoms with Gasteiger partial charge in [0, 0.05) is 11.6 Å². The molecule has 0 heterocycles. The van der Waals surface area contributed by atoms with Gasteiger partial charge in [0.2, 0.25) is 0 Å². The molecule has 1 atom stereocenters. The Bertz CT molecular complexity index is 614. The van der Waals surface area contributed by atoms with Crippen LogP contribution < -0.4 is 10.1 Å². The largest absolute Gasteiger partial charge is 0.457 e. The second-order valence-corrected chi connectivity index (χ2v) is 4.95. The van der Waals surface area contributed by atoms with Crippen LogP contribution in [-0.2, 0) is 0 Å². The number of benzene rings is 2. The topological polar surface area (TPSA) is 45.0 Å². The van der Waals surface area contributed by atoms with Gasteiger partial charge in [0.05, 0.1) is 11.6 Å². The third-order valence-electron chi connectivity index (χ3n) is 3.30. The van der Waals surface area contributed by atoms with Crippen molar-refractivity contribution in [1.29, 1.82) is 5.26 Å². The number of hydrogen-bond donors (Lipinski definition) is 1. The van der Waals surface area contributed by atoms with Crippen LogP contribution in [-0.4, -0.2) is 6.54 Å². The molecular formula is C18H20N2O. The predicted octanol–water partition coefficient (Wildman–Crippen LogP) is 4.41. The second kappa shape index (κ2) is 7.47. The molecule has 0 aliphatic heterocycles. The zero-order valence-corrected chi connectivity index (χ0v) is 12.5. The van der Waals surface area contributed by atoms with Crippen LogP contribution in [0.2, 0.25) is 0 Å². The van der Waals surface area contributed by atoms with Crippen molar-refractivity contribution in [3.63, 3.8) is 0 Å². The average molecular weight is 280 g/mol. The number of nitriles is 1. The highest BCUT2D eigenvalue weighted by molar-refractivity contribution is 5.41. The van der Waals surface area contributed by atoms with E-state index < -0.39 is 0 Å². The third kappa shape index (κ3) is 4.08. The monoisotopic (exact) mass is 280 g/mol. The number of nitrogens with one attached hydrogen (secondary N) is 1. The standard InChI is InChI=1S/C18H20N2O/c1-3-12-20-14(2)17-6-4-5-7-18(17)21-16-10-8-15(13-19)9-11-16/h4-11,14,20H,3,12H2,1-2H3. The molecule has 2 aromatic rings. The molecule has 0 radical (unpaired) electrons. The van der Waals surface area contributed by atoms with E-state index in [1.807, 2.05) is 30.3 Å². The number of nitrogens with zero attached hydrogens (tertiary/aromatic N) is 1. The fraction of sp³-hybridized carbons (Fsp3) is 0.278. The molecule has 0 saturated carbocycles. The molecule has 0 spiro atoms. The average Bonchev–Trinajstić information content (AvgIpc) is 2.54. The first-order valence-electron chi connectivity index (χ1n) is 7.25. The minimum absolute atomic E-state index is 0.236. The van der Waals surface area contributed by atoms with E-state index in [-0.39, 0.29) is 6.04 Å². The summed E-state index contributed by atoms with van der Waals surface area (Å²) >= 11 is 0. The van der Waals surface area contributed by atoms with Crippen LogP contribution >= 0.6 is 0 Å². The Balaban J connectivity index is 2.17. The molecule has 0 amide bonds. The predicted molar refractivity (Wildman–Crippen MR) is 84.4 cm³/mol. The molecule has 0 aliphatic rings. The van der Waals surface area contributed by atoms with Crippen LogP contribution in [0.15, 0.2) is 48.5 Å². The highest BCUT2D eigenvalue weighted by Crippen LogP contribution is 2.29. The van der Waals surface area contributed by atoms with E-state index in [9.17, 15) is 0 Å². The van der Waals surface area contributed by atoms with E-state index in [0.717, 1.165) is 30.0 Å². The van der Waals surface area contributed by atoms with Gasteiger partial charge in [-0.2, -0.15) is 5.26 Å². The van der Waals surface area contributed by atoms with Gasteiger partial charge < -0.3 is 10.1 Å². The molecule has 1 unspecified atom stereocenters. The van der Waals surface area contributed by atoms with Gasteiger partial charge in [-0.25, -0.2) is 0 Å². The molecule has 3 heteroatoms. The lowest BCUT2D eigenvalue weighted by Gasteiger charge is -2.18. The van der Waals surface area contributed by atoms with Crippen molar-refractivity contribution in [2.75, 3.05) is 6.54 Å². The Labute approximate surface area is 126 Å². The van der Waals surface area contributed by atoms with Gasteiger partial charge >= 0.3 is 0 Å². The summed E-state index contributed by atoms with van der Waals surface area (Å²) in [6.45, 7) is 5.27. The summed E-state index contributed by atoms with van der Waals surface area (Å²) in [6, 6.07) is 17.5. The van der Waals surface area contributed by atoms with Gasteiger partial charge in [0.15, 0.2) is 0 Å². The van der Waals surface area contributed by atoms with E-state index in [2.05, 4.69) is 31.3 Å². The second-order valence-electron chi connectivity index (χ2n) is 4.95. The fourth-order valence-corrected chi connectivity index (χ4v) is 2.13. The molecule has 108 valence electrons. The highest BCUT2D eigenvalue weighted by atomic mass is 16.5. The van der Waals surface area contributed by atoms with Crippen molar-refractivity contribution in [2.24, 2.45) is 0 Å². The van der Waals surface area contributed by atoms with Crippen molar-refractivity contribution < 1.29 is 4.74 Å². The molecule has 1 N–H and O–H groups in total. The van der Waals surface area contributed by atoms with Gasteiger partial charge in [0.1, 0.15) is 11.5 Å². The lowest BCUT2D eigenvalue weighted by molar-refractivity contribution is 0.461. The van der Waals surface area contributed by atoms with Crippen molar-refractivity contribution in [3.05, 3.63) is 59.7 Å². The zero-order chi connectivity index (χ0) is 15.1. The maximum Gasteiger partial charge on any atom is 0.132 e. The quantitative estimate of drug-likeness (QED) is 0.852. The molecular weight excluding hydrogens is 260 g/mol.